The summed E-state index contributed by atoms with van der Waals surface area (Å²) in [5.41, 5.74) is 1.62. The van der Waals surface area contributed by atoms with E-state index in [2.05, 4.69) is 25.5 Å². The maximum atomic E-state index is 12.5. The molecule has 10 heteroatoms. The Labute approximate surface area is 194 Å². The molecule has 3 heterocycles. The molecule has 0 aliphatic carbocycles. The molecule has 0 radical (unpaired) electrons. The van der Waals surface area contributed by atoms with E-state index in [1.807, 2.05) is 54.6 Å². The van der Waals surface area contributed by atoms with Crippen LogP contribution in [-0.2, 0) is 9.47 Å². The van der Waals surface area contributed by atoms with Gasteiger partial charge in [0.1, 0.15) is 41.3 Å². The van der Waals surface area contributed by atoms with Crippen molar-refractivity contribution in [2.24, 2.45) is 0 Å². The summed E-state index contributed by atoms with van der Waals surface area (Å²) in [6.07, 6.45) is 1.04. The number of fused-ring (bicyclic) bond motifs is 1. The molecule has 2 aromatic heterocycles. The van der Waals surface area contributed by atoms with Gasteiger partial charge in [0, 0.05) is 11.3 Å². The maximum absolute atomic E-state index is 12.5. The van der Waals surface area contributed by atoms with Crippen LogP contribution in [0.1, 0.15) is 0 Å². The van der Waals surface area contributed by atoms with Crippen molar-refractivity contribution < 1.29 is 19.3 Å². The lowest BCUT2D eigenvalue weighted by Crippen LogP contribution is -2.40. The van der Waals surface area contributed by atoms with Crippen LogP contribution in [0, 0.1) is 0 Å². The van der Waals surface area contributed by atoms with Crippen molar-refractivity contribution >= 4 is 22.4 Å². The molecule has 0 bridgehead atoms. The molecule has 1 aliphatic heterocycles. The maximum Gasteiger partial charge on any atom is 0.277 e. The molecule has 2 atom stereocenters. The number of aromatic amines is 1. The van der Waals surface area contributed by atoms with Crippen molar-refractivity contribution in [2.45, 2.75) is 12.2 Å². The molecule has 0 spiro atoms. The predicted octanol–water partition coefficient (Wildman–Crippen LogP) is 2.28. The van der Waals surface area contributed by atoms with Crippen molar-refractivity contribution in [1.29, 1.82) is 0 Å². The number of ether oxygens (including phenoxy) is 3. The lowest BCUT2D eigenvalue weighted by molar-refractivity contribution is -0.152. The Morgan fingerprint density at radius 2 is 1.79 bits per heavy atom. The number of aromatic nitrogens is 4. The third-order valence-electron chi connectivity index (χ3n) is 5.34. The highest BCUT2D eigenvalue weighted by Gasteiger charge is 2.22. The van der Waals surface area contributed by atoms with Gasteiger partial charge >= 0.3 is 0 Å². The van der Waals surface area contributed by atoms with Gasteiger partial charge in [0.25, 0.3) is 5.56 Å². The van der Waals surface area contributed by atoms with Gasteiger partial charge in [0.2, 0.25) is 0 Å². The first-order chi connectivity index (χ1) is 16.7. The zero-order chi connectivity index (χ0) is 23.3. The molecule has 10 nitrogen and oxygen atoms in total. The molecule has 34 heavy (non-hydrogen) atoms. The molecule has 2 aromatic carbocycles. The SMILES string of the molecule is O=c1[nH]ncc2nc(-c3ccccc3)nc(Nc3ccc(OC[C@@H]4CO[C@@H](CO)CO4)cc3)c12. The summed E-state index contributed by atoms with van der Waals surface area (Å²) in [6, 6.07) is 16.8. The summed E-state index contributed by atoms with van der Waals surface area (Å²) in [4.78, 5) is 21.6. The normalized spacial score (nSPS) is 18.0. The Balaban J connectivity index is 1.33. The fourth-order valence-electron chi connectivity index (χ4n) is 3.56. The molecular weight excluding hydrogens is 438 g/mol. The third kappa shape index (κ3) is 4.88. The number of aliphatic hydroxyl groups is 1. The second-order valence-corrected chi connectivity index (χ2v) is 7.77. The number of nitrogens with one attached hydrogen (secondary N) is 2. The van der Waals surface area contributed by atoms with Crippen LogP contribution < -0.4 is 15.6 Å². The summed E-state index contributed by atoms with van der Waals surface area (Å²) in [5.74, 6) is 1.53. The zero-order valence-electron chi connectivity index (χ0n) is 18.2. The lowest BCUT2D eigenvalue weighted by atomic mass is 10.2. The molecule has 0 unspecified atom stereocenters. The van der Waals surface area contributed by atoms with Crippen LogP contribution in [0.2, 0.25) is 0 Å². The van der Waals surface area contributed by atoms with Gasteiger partial charge in [-0.15, -0.1) is 0 Å². The average Bonchev–Trinajstić information content (AvgIpc) is 2.89. The monoisotopic (exact) mass is 461 g/mol. The van der Waals surface area contributed by atoms with Gasteiger partial charge in [-0.05, 0) is 24.3 Å². The zero-order valence-corrected chi connectivity index (χ0v) is 18.2. The molecule has 1 aliphatic rings. The highest BCUT2D eigenvalue weighted by molar-refractivity contribution is 5.91. The first-order valence-electron chi connectivity index (χ1n) is 10.8. The van der Waals surface area contributed by atoms with Crippen LogP contribution in [0.25, 0.3) is 22.3 Å². The molecule has 1 fully saturated rings. The number of anilines is 2. The average molecular weight is 461 g/mol. The van der Waals surface area contributed by atoms with Gasteiger partial charge in [-0.3, -0.25) is 4.79 Å². The van der Waals surface area contributed by atoms with E-state index < -0.39 is 0 Å². The topological polar surface area (TPSA) is 131 Å². The summed E-state index contributed by atoms with van der Waals surface area (Å²) in [5, 5.41) is 18.9. The van der Waals surface area contributed by atoms with E-state index in [9.17, 15) is 4.79 Å². The first kappa shape index (κ1) is 22.0. The molecule has 4 aromatic rings. The fraction of sp³-hybridized carbons (Fsp3) is 0.250. The van der Waals surface area contributed by atoms with Gasteiger partial charge in [0.05, 0.1) is 26.0 Å². The van der Waals surface area contributed by atoms with Gasteiger partial charge in [0.15, 0.2) is 5.82 Å². The van der Waals surface area contributed by atoms with E-state index in [-0.39, 0.29) is 24.4 Å². The van der Waals surface area contributed by atoms with E-state index >= 15 is 0 Å². The minimum Gasteiger partial charge on any atom is -0.491 e. The van der Waals surface area contributed by atoms with E-state index in [4.69, 9.17) is 19.3 Å². The number of nitrogens with zero attached hydrogens (tertiary/aromatic N) is 3. The number of hydrogen-bond acceptors (Lipinski definition) is 9. The third-order valence-corrected chi connectivity index (χ3v) is 5.34. The van der Waals surface area contributed by atoms with Crippen LogP contribution in [0.15, 0.2) is 65.6 Å². The van der Waals surface area contributed by atoms with Crippen molar-refractivity contribution in [3.63, 3.8) is 0 Å². The van der Waals surface area contributed by atoms with E-state index in [0.717, 1.165) is 11.3 Å². The van der Waals surface area contributed by atoms with E-state index in [1.165, 1.54) is 6.20 Å². The second kappa shape index (κ2) is 9.96. The summed E-state index contributed by atoms with van der Waals surface area (Å²) >= 11 is 0. The van der Waals surface area contributed by atoms with Crippen molar-refractivity contribution in [3.05, 3.63) is 71.1 Å². The number of hydrogen-bond donors (Lipinski definition) is 3. The molecule has 174 valence electrons. The van der Waals surface area contributed by atoms with Gasteiger partial charge in [-0.1, -0.05) is 30.3 Å². The second-order valence-electron chi connectivity index (χ2n) is 7.77. The van der Waals surface area contributed by atoms with Crippen LogP contribution in [0.3, 0.4) is 0 Å². The minimum atomic E-state index is -0.377. The molecule has 0 saturated carbocycles. The van der Waals surface area contributed by atoms with E-state index in [1.54, 1.807) is 0 Å². The molecular formula is C24H23N5O5. The quantitative estimate of drug-likeness (QED) is 0.379. The summed E-state index contributed by atoms with van der Waals surface area (Å²) < 4.78 is 16.9. The van der Waals surface area contributed by atoms with Crippen molar-refractivity contribution in [1.82, 2.24) is 20.2 Å². The van der Waals surface area contributed by atoms with Crippen LogP contribution >= 0.6 is 0 Å². The minimum absolute atomic E-state index is 0.0567. The Kier molecular flexibility index (Phi) is 6.43. The first-order valence-corrected chi connectivity index (χ1v) is 10.8. The summed E-state index contributed by atoms with van der Waals surface area (Å²) in [6.45, 7) is 1.00. The van der Waals surface area contributed by atoms with Crippen LogP contribution in [0.4, 0.5) is 11.5 Å². The van der Waals surface area contributed by atoms with Crippen molar-refractivity contribution in [2.75, 3.05) is 31.7 Å². The molecule has 0 amide bonds. The predicted molar refractivity (Wildman–Crippen MR) is 125 cm³/mol. The summed E-state index contributed by atoms with van der Waals surface area (Å²) in [7, 11) is 0. The smallest absolute Gasteiger partial charge is 0.277 e. The standard InChI is InChI=1S/C24H23N5O5/c30-11-18-12-34-19(14-33-18)13-32-17-8-6-16(7-9-17)26-23-21-20(10-25-29-24(21)31)27-22(28-23)15-4-2-1-3-5-15/h1-10,18-19,30H,11-14H2,(H,29,31)(H,26,27,28)/t18-,19+/m0/s1. The highest BCUT2D eigenvalue weighted by atomic mass is 16.6. The largest absolute Gasteiger partial charge is 0.491 e. The van der Waals surface area contributed by atoms with Gasteiger partial charge < -0.3 is 24.6 Å². The fourth-order valence-corrected chi connectivity index (χ4v) is 3.56. The number of rotatable bonds is 7. The van der Waals surface area contributed by atoms with Crippen molar-refractivity contribution in [3.8, 4) is 17.1 Å². The van der Waals surface area contributed by atoms with Crippen LogP contribution in [0.5, 0.6) is 5.75 Å². The number of benzene rings is 2. The Morgan fingerprint density at radius 1 is 1.03 bits per heavy atom. The van der Waals surface area contributed by atoms with Gasteiger partial charge in [-0.25, -0.2) is 15.1 Å². The van der Waals surface area contributed by atoms with E-state index in [0.29, 0.717) is 48.1 Å². The Morgan fingerprint density at radius 3 is 2.53 bits per heavy atom. The Hall–Kier alpha value is -3.86. The number of aliphatic hydroxyl groups excluding tert-OH is 1. The highest BCUT2D eigenvalue weighted by Crippen LogP contribution is 2.26. The molecule has 3 N–H and O–H groups in total. The molecule has 1 saturated heterocycles. The van der Waals surface area contributed by atoms with Gasteiger partial charge in [-0.2, -0.15) is 5.10 Å². The lowest BCUT2D eigenvalue weighted by Gasteiger charge is -2.28. The molecule has 5 rings (SSSR count). The Bertz CT molecular complexity index is 1310. The van der Waals surface area contributed by atoms with Crippen LogP contribution in [-0.4, -0.2) is 63.9 Å². The number of H-pyrrole nitrogens is 1.